The van der Waals surface area contributed by atoms with Gasteiger partial charge in [-0.2, -0.15) is 0 Å². The second kappa shape index (κ2) is 5.06. The molecule has 1 aromatic rings. The molecule has 0 aromatic heterocycles. The number of aryl methyl sites for hydroxylation is 2. The molecule has 1 aliphatic heterocycles. The van der Waals surface area contributed by atoms with E-state index in [2.05, 4.69) is 13.0 Å². The number of amides is 1. The topological polar surface area (TPSA) is 23.6 Å². The zero-order valence-corrected chi connectivity index (χ0v) is 11.9. The summed E-state index contributed by atoms with van der Waals surface area (Å²) in [6.45, 7) is 7.31. The molecule has 0 N–H and O–H groups in total. The number of hydrogen-bond donors (Lipinski definition) is 0. The number of rotatable bonds is 3. The van der Waals surface area contributed by atoms with Crippen LogP contribution in [0.1, 0.15) is 25.0 Å². The first-order chi connectivity index (χ1) is 8.60. The van der Waals surface area contributed by atoms with Crippen LogP contribution >= 0.6 is 12.2 Å². The summed E-state index contributed by atoms with van der Waals surface area (Å²) in [4.78, 5) is 15.8. The Bertz CT molecular complexity index is 499. The van der Waals surface area contributed by atoms with Crippen molar-refractivity contribution < 1.29 is 4.79 Å². The lowest BCUT2D eigenvalue weighted by molar-refractivity contribution is -0.116. The summed E-state index contributed by atoms with van der Waals surface area (Å²) in [5, 5.41) is 0.631. The second-order valence-corrected chi connectivity index (χ2v) is 4.83. The van der Waals surface area contributed by atoms with Gasteiger partial charge in [-0.15, -0.1) is 0 Å². The molecule has 2 rings (SSSR count). The number of hydrogen-bond acceptors (Lipinski definition) is 2. The number of likely N-dealkylation sites (N-methyl/N-ethyl adjacent to an activating group) is 1. The molecule has 0 radical (unpaired) electrons. The molecule has 96 valence electrons. The van der Waals surface area contributed by atoms with Gasteiger partial charge in [-0.25, -0.2) is 0 Å². The third-order valence-corrected chi connectivity index (χ3v) is 3.79. The van der Waals surface area contributed by atoms with Crippen LogP contribution in [-0.4, -0.2) is 29.0 Å². The molecule has 1 aromatic carbocycles. The van der Waals surface area contributed by atoms with Crippen LogP contribution in [0.3, 0.4) is 0 Å². The monoisotopic (exact) mass is 262 g/mol. The summed E-state index contributed by atoms with van der Waals surface area (Å²) in [6.07, 6.45) is 0.898. The molecular weight excluding hydrogens is 244 g/mol. The van der Waals surface area contributed by atoms with Crippen molar-refractivity contribution in [2.75, 3.05) is 18.0 Å². The van der Waals surface area contributed by atoms with Gasteiger partial charge < -0.3 is 4.90 Å². The smallest absolute Gasteiger partial charge is 0.252 e. The molecular formula is C14H18N2OS. The van der Waals surface area contributed by atoms with Crippen molar-refractivity contribution in [3.63, 3.8) is 0 Å². The van der Waals surface area contributed by atoms with Crippen LogP contribution in [0.25, 0.3) is 0 Å². The summed E-state index contributed by atoms with van der Waals surface area (Å²) in [5.74, 6) is 0.0749. The molecule has 0 aliphatic carbocycles. The van der Waals surface area contributed by atoms with Crippen molar-refractivity contribution in [2.24, 2.45) is 0 Å². The third kappa shape index (κ3) is 2.01. The number of para-hydroxylation sites is 1. The molecule has 0 bridgehead atoms. The lowest BCUT2D eigenvalue weighted by atomic mass is 10.0. The third-order valence-electron chi connectivity index (χ3n) is 3.34. The predicted molar refractivity (Wildman–Crippen MR) is 77.9 cm³/mol. The van der Waals surface area contributed by atoms with Crippen LogP contribution in [-0.2, 0) is 11.2 Å². The molecule has 1 saturated heterocycles. The van der Waals surface area contributed by atoms with Crippen molar-refractivity contribution in [1.29, 1.82) is 0 Å². The van der Waals surface area contributed by atoms with Gasteiger partial charge in [0.2, 0.25) is 0 Å². The Labute approximate surface area is 113 Å². The number of anilines is 1. The van der Waals surface area contributed by atoms with Crippen molar-refractivity contribution in [2.45, 2.75) is 27.2 Å². The van der Waals surface area contributed by atoms with Crippen molar-refractivity contribution in [3.05, 3.63) is 29.3 Å². The molecule has 4 heteroatoms. The van der Waals surface area contributed by atoms with Gasteiger partial charge in [-0.1, -0.05) is 25.1 Å². The van der Waals surface area contributed by atoms with Gasteiger partial charge in [0.05, 0.1) is 12.2 Å². The van der Waals surface area contributed by atoms with E-state index in [0.717, 1.165) is 24.2 Å². The van der Waals surface area contributed by atoms with Crippen LogP contribution < -0.4 is 4.90 Å². The lowest BCUT2D eigenvalue weighted by Crippen LogP contribution is -2.33. The number of carbonyl (C=O) groups is 1. The summed E-state index contributed by atoms with van der Waals surface area (Å²) in [6, 6.07) is 6.12. The first-order valence-electron chi connectivity index (χ1n) is 6.30. The maximum absolute atomic E-state index is 12.2. The zero-order valence-electron chi connectivity index (χ0n) is 11.1. The lowest BCUT2D eigenvalue weighted by Gasteiger charge is -2.23. The Kier molecular flexibility index (Phi) is 3.66. The van der Waals surface area contributed by atoms with E-state index < -0.39 is 0 Å². The summed E-state index contributed by atoms with van der Waals surface area (Å²) in [7, 11) is 0. The van der Waals surface area contributed by atoms with E-state index >= 15 is 0 Å². The average molecular weight is 262 g/mol. The molecule has 1 heterocycles. The van der Waals surface area contributed by atoms with E-state index in [4.69, 9.17) is 12.2 Å². The van der Waals surface area contributed by atoms with E-state index in [1.54, 1.807) is 4.90 Å². The van der Waals surface area contributed by atoms with Crippen molar-refractivity contribution >= 4 is 28.9 Å². The molecule has 1 fully saturated rings. The summed E-state index contributed by atoms with van der Waals surface area (Å²) >= 11 is 5.42. The first-order valence-corrected chi connectivity index (χ1v) is 6.71. The maximum atomic E-state index is 12.2. The van der Waals surface area contributed by atoms with Gasteiger partial charge in [-0.05, 0) is 43.6 Å². The van der Waals surface area contributed by atoms with Gasteiger partial charge >= 0.3 is 0 Å². The molecule has 1 aliphatic rings. The van der Waals surface area contributed by atoms with Crippen molar-refractivity contribution in [1.82, 2.24) is 4.90 Å². The molecule has 0 saturated carbocycles. The number of benzene rings is 1. The minimum Gasteiger partial charge on any atom is -0.339 e. The van der Waals surface area contributed by atoms with Crippen LogP contribution in [0.2, 0.25) is 0 Å². The van der Waals surface area contributed by atoms with E-state index in [1.807, 2.05) is 30.9 Å². The van der Waals surface area contributed by atoms with E-state index in [-0.39, 0.29) is 5.91 Å². The molecule has 0 unspecified atom stereocenters. The Morgan fingerprint density at radius 1 is 1.33 bits per heavy atom. The van der Waals surface area contributed by atoms with Crippen LogP contribution in [0.15, 0.2) is 18.2 Å². The van der Waals surface area contributed by atoms with E-state index in [1.165, 1.54) is 5.56 Å². The minimum atomic E-state index is 0.0749. The Balaban J connectivity index is 2.49. The van der Waals surface area contributed by atoms with Crippen molar-refractivity contribution in [3.8, 4) is 0 Å². The molecule has 1 amide bonds. The summed E-state index contributed by atoms with van der Waals surface area (Å²) < 4.78 is 0. The standard InChI is InChI=1S/C14H18N2OS/c1-4-11-8-6-7-10(3)13(11)16-12(17)9-15(5-2)14(16)18/h6-8H,4-5,9H2,1-3H3. The highest BCUT2D eigenvalue weighted by Gasteiger charge is 2.34. The highest BCUT2D eigenvalue weighted by Crippen LogP contribution is 2.29. The fourth-order valence-electron chi connectivity index (χ4n) is 2.34. The highest BCUT2D eigenvalue weighted by atomic mass is 32.1. The Hall–Kier alpha value is -1.42. The minimum absolute atomic E-state index is 0.0749. The fourth-order valence-corrected chi connectivity index (χ4v) is 2.73. The Morgan fingerprint density at radius 3 is 2.61 bits per heavy atom. The zero-order chi connectivity index (χ0) is 13.3. The second-order valence-electron chi connectivity index (χ2n) is 4.46. The van der Waals surface area contributed by atoms with Gasteiger partial charge in [0, 0.05) is 6.54 Å². The quantitative estimate of drug-likeness (QED) is 0.782. The average Bonchev–Trinajstić information content (AvgIpc) is 2.64. The largest absolute Gasteiger partial charge is 0.339 e. The maximum Gasteiger partial charge on any atom is 0.252 e. The number of thiocarbonyl (C=S) groups is 1. The molecule has 18 heavy (non-hydrogen) atoms. The first kappa shape index (κ1) is 13.0. The van der Waals surface area contributed by atoms with Gasteiger partial charge in [0.15, 0.2) is 5.11 Å². The van der Waals surface area contributed by atoms with Crippen LogP contribution in [0.5, 0.6) is 0 Å². The van der Waals surface area contributed by atoms with E-state index in [9.17, 15) is 4.79 Å². The fraction of sp³-hybridized carbons (Fsp3) is 0.429. The SMILES string of the molecule is CCc1cccc(C)c1N1C(=O)CN(CC)C1=S. The highest BCUT2D eigenvalue weighted by molar-refractivity contribution is 7.80. The normalized spacial score (nSPS) is 15.7. The van der Waals surface area contributed by atoms with E-state index in [0.29, 0.717) is 11.7 Å². The number of nitrogens with zero attached hydrogens (tertiary/aromatic N) is 2. The van der Waals surface area contributed by atoms with Gasteiger partial charge in [-0.3, -0.25) is 9.69 Å². The van der Waals surface area contributed by atoms with Crippen LogP contribution in [0.4, 0.5) is 5.69 Å². The Morgan fingerprint density at radius 2 is 2.06 bits per heavy atom. The predicted octanol–water partition coefficient (Wildman–Crippen LogP) is 2.51. The molecule has 0 spiro atoms. The summed E-state index contributed by atoms with van der Waals surface area (Å²) in [5.41, 5.74) is 3.25. The van der Waals surface area contributed by atoms with Crippen LogP contribution in [0, 0.1) is 6.92 Å². The number of carbonyl (C=O) groups excluding carboxylic acids is 1. The van der Waals surface area contributed by atoms with Gasteiger partial charge in [0.1, 0.15) is 0 Å². The molecule has 0 atom stereocenters. The van der Waals surface area contributed by atoms with Gasteiger partial charge in [0.25, 0.3) is 5.91 Å². The molecule has 3 nitrogen and oxygen atoms in total.